The van der Waals surface area contributed by atoms with Gasteiger partial charge in [-0.05, 0) is 24.3 Å². The van der Waals surface area contributed by atoms with Crippen LogP contribution in [0.4, 0.5) is 0 Å². The van der Waals surface area contributed by atoms with Gasteiger partial charge < -0.3 is 14.0 Å². The van der Waals surface area contributed by atoms with Gasteiger partial charge in [0.2, 0.25) is 0 Å². The van der Waals surface area contributed by atoms with Crippen LogP contribution in [0.15, 0.2) is 53.3 Å². The minimum atomic E-state index is -0.542. The van der Waals surface area contributed by atoms with Crippen LogP contribution in [-0.2, 0) is 16.8 Å². The summed E-state index contributed by atoms with van der Waals surface area (Å²) in [6, 6.07) is 10.3. The van der Waals surface area contributed by atoms with Crippen molar-refractivity contribution in [3.05, 3.63) is 66.1 Å². The maximum atomic E-state index is 12.4. The van der Waals surface area contributed by atoms with Gasteiger partial charge >= 0.3 is 5.97 Å². The Hall–Kier alpha value is -3.22. The number of benzene rings is 1. The van der Waals surface area contributed by atoms with Crippen molar-refractivity contribution < 1.29 is 18.8 Å². The van der Waals surface area contributed by atoms with Gasteiger partial charge in [0.25, 0.3) is 5.89 Å². The average molecular weight is 353 g/mol. The number of esters is 1. The zero-order chi connectivity index (χ0) is 18.6. The first-order valence-electron chi connectivity index (χ1n) is 8.10. The van der Waals surface area contributed by atoms with Crippen LogP contribution in [0.3, 0.4) is 0 Å². The summed E-state index contributed by atoms with van der Waals surface area (Å²) in [6.07, 6.45) is 3.21. The molecule has 0 atom stereocenters. The third-order valence-corrected chi connectivity index (χ3v) is 3.43. The van der Waals surface area contributed by atoms with E-state index in [2.05, 4.69) is 15.1 Å². The molecule has 0 amide bonds. The van der Waals surface area contributed by atoms with Crippen LogP contribution in [0, 0.1) is 0 Å². The summed E-state index contributed by atoms with van der Waals surface area (Å²) < 4.78 is 16.1. The molecule has 2 aromatic heterocycles. The maximum absolute atomic E-state index is 12.4. The van der Waals surface area contributed by atoms with Crippen LogP contribution in [0.2, 0.25) is 0 Å². The summed E-state index contributed by atoms with van der Waals surface area (Å²) in [7, 11) is 0. The fraction of sp³-hybridized carbons (Fsp3) is 0.263. The smallest absolute Gasteiger partial charge is 0.342 e. The molecule has 0 aliphatic carbocycles. The highest BCUT2D eigenvalue weighted by Gasteiger charge is 2.22. The molecule has 3 aromatic rings. The molecule has 0 spiro atoms. The Morgan fingerprint density at radius 2 is 1.96 bits per heavy atom. The van der Waals surface area contributed by atoms with Crippen molar-refractivity contribution in [1.29, 1.82) is 0 Å². The van der Waals surface area contributed by atoms with Crippen molar-refractivity contribution in [2.45, 2.75) is 32.8 Å². The van der Waals surface area contributed by atoms with Gasteiger partial charge in [0.15, 0.2) is 12.4 Å². The van der Waals surface area contributed by atoms with E-state index in [1.165, 1.54) is 0 Å². The lowest BCUT2D eigenvalue weighted by atomic mass is 9.96. The van der Waals surface area contributed by atoms with Crippen LogP contribution in [0.25, 0.3) is 0 Å². The van der Waals surface area contributed by atoms with Crippen molar-refractivity contribution in [2.75, 3.05) is 0 Å². The van der Waals surface area contributed by atoms with Crippen molar-refractivity contribution in [2.24, 2.45) is 0 Å². The summed E-state index contributed by atoms with van der Waals surface area (Å²) in [4.78, 5) is 20.7. The molecule has 0 unspecified atom stereocenters. The van der Waals surface area contributed by atoms with Gasteiger partial charge in [0.1, 0.15) is 17.1 Å². The molecule has 0 bridgehead atoms. The number of pyridine rings is 1. The van der Waals surface area contributed by atoms with E-state index in [9.17, 15) is 4.79 Å². The summed E-state index contributed by atoms with van der Waals surface area (Å²) in [5.74, 6) is 1.17. The van der Waals surface area contributed by atoms with E-state index < -0.39 is 5.97 Å². The second-order valence-corrected chi connectivity index (χ2v) is 6.62. The number of hydrogen-bond acceptors (Lipinski definition) is 7. The molecule has 3 rings (SSSR count). The van der Waals surface area contributed by atoms with Crippen LogP contribution in [-0.4, -0.2) is 21.1 Å². The van der Waals surface area contributed by atoms with Gasteiger partial charge in [-0.1, -0.05) is 38.1 Å². The van der Waals surface area contributed by atoms with Crippen LogP contribution < -0.4 is 4.74 Å². The molecule has 26 heavy (non-hydrogen) atoms. The lowest BCUT2D eigenvalue weighted by Gasteiger charge is -2.11. The van der Waals surface area contributed by atoms with Crippen molar-refractivity contribution in [3.8, 4) is 11.5 Å². The minimum absolute atomic E-state index is 0.108. The SMILES string of the molecule is CC(C)(C)c1noc(COC(=O)c2ccccc2Oc2cccnc2)n1. The number of para-hydroxylation sites is 1. The molecule has 7 nitrogen and oxygen atoms in total. The van der Waals surface area contributed by atoms with Gasteiger partial charge in [0, 0.05) is 11.6 Å². The van der Waals surface area contributed by atoms with E-state index in [1.807, 2.05) is 20.8 Å². The predicted octanol–water partition coefficient (Wildman–Crippen LogP) is 3.91. The van der Waals surface area contributed by atoms with E-state index in [0.29, 0.717) is 22.9 Å². The van der Waals surface area contributed by atoms with Gasteiger partial charge in [-0.2, -0.15) is 4.98 Å². The van der Waals surface area contributed by atoms with Crippen LogP contribution in [0.1, 0.15) is 42.8 Å². The van der Waals surface area contributed by atoms with E-state index >= 15 is 0 Å². The molecule has 0 aliphatic rings. The number of rotatable bonds is 5. The lowest BCUT2D eigenvalue weighted by molar-refractivity contribution is 0.0427. The topological polar surface area (TPSA) is 87.3 Å². The third kappa shape index (κ3) is 4.24. The summed E-state index contributed by atoms with van der Waals surface area (Å²) >= 11 is 0. The van der Waals surface area contributed by atoms with Gasteiger partial charge in [-0.25, -0.2) is 4.79 Å². The summed E-state index contributed by atoms with van der Waals surface area (Å²) in [5, 5.41) is 3.90. The van der Waals surface area contributed by atoms with Crippen molar-refractivity contribution in [1.82, 2.24) is 15.1 Å². The second kappa shape index (κ2) is 7.35. The van der Waals surface area contributed by atoms with E-state index in [1.54, 1.807) is 48.8 Å². The minimum Gasteiger partial charge on any atom is -0.455 e. The first-order chi connectivity index (χ1) is 12.4. The normalized spacial score (nSPS) is 11.2. The maximum Gasteiger partial charge on any atom is 0.342 e. The molecule has 0 aliphatic heterocycles. The van der Waals surface area contributed by atoms with Gasteiger partial charge in [-0.3, -0.25) is 4.98 Å². The van der Waals surface area contributed by atoms with Crippen molar-refractivity contribution >= 4 is 5.97 Å². The highest BCUT2D eigenvalue weighted by atomic mass is 16.6. The Kier molecular flexibility index (Phi) is 4.97. The molecule has 1 aromatic carbocycles. The van der Waals surface area contributed by atoms with E-state index in [-0.39, 0.29) is 17.9 Å². The Balaban J connectivity index is 1.69. The van der Waals surface area contributed by atoms with Crippen molar-refractivity contribution in [3.63, 3.8) is 0 Å². The molecule has 0 N–H and O–H groups in total. The summed E-state index contributed by atoms with van der Waals surface area (Å²) in [5.41, 5.74) is 0.0579. The number of carbonyl (C=O) groups is 1. The van der Waals surface area contributed by atoms with Crippen LogP contribution >= 0.6 is 0 Å². The van der Waals surface area contributed by atoms with E-state index in [0.717, 1.165) is 0 Å². The largest absolute Gasteiger partial charge is 0.455 e. The Morgan fingerprint density at radius 3 is 2.65 bits per heavy atom. The highest BCUT2D eigenvalue weighted by molar-refractivity contribution is 5.92. The van der Waals surface area contributed by atoms with Crippen LogP contribution in [0.5, 0.6) is 11.5 Å². The predicted molar refractivity (Wildman–Crippen MR) is 92.9 cm³/mol. The monoisotopic (exact) mass is 353 g/mol. The first kappa shape index (κ1) is 17.6. The number of nitrogens with zero attached hydrogens (tertiary/aromatic N) is 3. The molecule has 0 fully saturated rings. The zero-order valence-corrected chi connectivity index (χ0v) is 14.8. The molecule has 134 valence electrons. The molecule has 0 saturated carbocycles. The van der Waals surface area contributed by atoms with Gasteiger partial charge in [-0.15, -0.1) is 0 Å². The fourth-order valence-electron chi connectivity index (χ4n) is 2.08. The standard InChI is InChI=1S/C19H19N3O4/c1-19(2,3)18-21-16(26-22-18)12-24-17(23)14-8-4-5-9-15(14)25-13-7-6-10-20-11-13/h4-11H,12H2,1-3H3. The quantitative estimate of drug-likeness (QED) is 0.643. The Bertz CT molecular complexity index is 885. The Labute approximate surface area is 151 Å². The van der Waals surface area contributed by atoms with Gasteiger partial charge in [0.05, 0.1) is 6.20 Å². The fourth-order valence-corrected chi connectivity index (χ4v) is 2.08. The third-order valence-electron chi connectivity index (χ3n) is 3.43. The molecule has 0 saturated heterocycles. The zero-order valence-electron chi connectivity index (χ0n) is 14.8. The molecule has 2 heterocycles. The molecule has 7 heteroatoms. The second-order valence-electron chi connectivity index (χ2n) is 6.62. The number of carbonyl (C=O) groups excluding carboxylic acids is 1. The lowest BCUT2D eigenvalue weighted by Crippen LogP contribution is -2.13. The molecular weight excluding hydrogens is 334 g/mol. The number of ether oxygens (including phenoxy) is 2. The first-order valence-corrected chi connectivity index (χ1v) is 8.10. The molecule has 0 radical (unpaired) electrons. The summed E-state index contributed by atoms with van der Waals surface area (Å²) in [6.45, 7) is 5.81. The average Bonchev–Trinajstić information content (AvgIpc) is 3.10. The van der Waals surface area contributed by atoms with E-state index in [4.69, 9.17) is 14.0 Å². The number of aromatic nitrogens is 3. The highest BCUT2D eigenvalue weighted by Crippen LogP contribution is 2.25. The number of hydrogen-bond donors (Lipinski definition) is 0. The molecular formula is C19H19N3O4. The Morgan fingerprint density at radius 1 is 1.15 bits per heavy atom.